The summed E-state index contributed by atoms with van der Waals surface area (Å²) >= 11 is 0. The van der Waals surface area contributed by atoms with Crippen molar-refractivity contribution in [1.29, 1.82) is 0 Å². The summed E-state index contributed by atoms with van der Waals surface area (Å²) in [5.41, 5.74) is 0.953. The van der Waals surface area contributed by atoms with Crippen molar-refractivity contribution in [2.75, 3.05) is 38.3 Å². The van der Waals surface area contributed by atoms with Gasteiger partial charge in [-0.05, 0) is 44.6 Å². The fraction of sp³-hybridized carbons (Fsp3) is 0.767. The quantitative estimate of drug-likeness (QED) is 0.187. The topological polar surface area (TPSA) is 60.0 Å². The first kappa shape index (κ1) is 29.7. The van der Waals surface area contributed by atoms with E-state index in [1.54, 1.807) is 13.2 Å². The van der Waals surface area contributed by atoms with Gasteiger partial charge in [-0.25, -0.2) is 4.39 Å². The van der Waals surface area contributed by atoms with Crippen LogP contribution in [0.4, 0.5) is 10.1 Å². The number of nitrogens with one attached hydrogen (secondary N) is 1. The Bertz CT molecular complexity index is 840. The molecule has 6 nitrogen and oxygen atoms in total. The molecule has 210 valence electrons. The van der Waals surface area contributed by atoms with Crippen molar-refractivity contribution < 1.29 is 23.4 Å². The maximum atomic E-state index is 15.5. The molecule has 1 aromatic rings. The lowest BCUT2D eigenvalue weighted by Gasteiger charge is -2.47. The van der Waals surface area contributed by atoms with Gasteiger partial charge in [0.15, 0.2) is 6.29 Å². The van der Waals surface area contributed by atoms with E-state index in [-0.39, 0.29) is 29.5 Å². The zero-order valence-corrected chi connectivity index (χ0v) is 23.7. The van der Waals surface area contributed by atoms with Gasteiger partial charge in [-0.1, -0.05) is 53.4 Å². The molecule has 3 fully saturated rings. The Morgan fingerprint density at radius 3 is 2.16 bits per heavy atom. The van der Waals surface area contributed by atoms with Crippen LogP contribution in [0.5, 0.6) is 5.75 Å². The SMILES string of the molecule is CC.CCCCOC(OCCCC)C1CCN(c2cc(OC)c(C3NC(=O)C34CCCC4)cc2F)CC1. The summed E-state index contributed by atoms with van der Waals surface area (Å²) in [6.07, 6.45) is 9.71. The fourth-order valence-corrected chi connectivity index (χ4v) is 5.99. The molecular weight excluding hydrogens is 471 g/mol. The van der Waals surface area contributed by atoms with Gasteiger partial charge in [0.05, 0.1) is 24.3 Å². The predicted octanol–water partition coefficient (Wildman–Crippen LogP) is 6.77. The highest BCUT2D eigenvalue weighted by molar-refractivity contribution is 5.91. The number of amides is 1. The van der Waals surface area contributed by atoms with Crippen molar-refractivity contribution in [3.63, 3.8) is 0 Å². The van der Waals surface area contributed by atoms with Crippen LogP contribution in [-0.2, 0) is 14.3 Å². The molecule has 2 heterocycles. The minimum atomic E-state index is -0.385. The molecule has 0 bridgehead atoms. The Kier molecular flexibility index (Phi) is 11.5. The van der Waals surface area contributed by atoms with E-state index in [0.717, 1.165) is 96.1 Å². The molecule has 1 aliphatic carbocycles. The van der Waals surface area contributed by atoms with Gasteiger partial charge >= 0.3 is 0 Å². The summed E-state index contributed by atoms with van der Waals surface area (Å²) in [6.45, 7) is 11.3. The van der Waals surface area contributed by atoms with Gasteiger partial charge in [0.2, 0.25) is 5.91 Å². The first-order valence-corrected chi connectivity index (χ1v) is 14.7. The Morgan fingerprint density at radius 1 is 1.05 bits per heavy atom. The molecule has 37 heavy (non-hydrogen) atoms. The number of hydrogen-bond donors (Lipinski definition) is 1. The largest absolute Gasteiger partial charge is 0.496 e. The van der Waals surface area contributed by atoms with Gasteiger partial charge in [0.25, 0.3) is 0 Å². The second-order valence-electron chi connectivity index (χ2n) is 10.5. The van der Waals surface area contributed by atoms with Crippen molar-refractivity contribution >= 4 is 11.6 Å². The van der Waals surface area contributed by atoms with Crippen molar-refractivity contribution in [3.05, 3.63) is 23.5 Å². The van der Waals surface area contributed by atoms with Crippen molar-refractivity contribution in [3.8, 4) is 5.75 Å². The third kappa shape index (κ3) is 6.59. The first-order valence-electron chi connectivity index (χ1n) is 14.7. The second-order valence-corrected chi connectivity index (χ2v) is 10.5. The number of hydrogen-bond acceptors (Lipinski definition) is 5. The van der Waals surface area contributed by atoms with Crippen molar-refractivity contribution in [1.82, 2.24) is 5.32 Å². The van der Waals surface area contributed by atoms with Gasteiger partial charge in [-0.3, -0.25) is 4.79 Å². The predicted molar refractivity (Wildman–Crippen MR) is 147 cm³/mol. The molecule has 0 radical (unpaired) electrons. The maximum Gasteiger partial charge on any atom is 0.229 e. The molecular formula is C30H49FN2O4. The highest BCUT2D eigenvalue weighted by atomic mass is 19.1. The number of carbonyl (C=O) groups excluding carboxylic acids is 1. The van der Waals surface area contributed by atoms with Crippen molar-refractivity contribution in [2.45, 2.75) is 104 Å². The minimum absolute atomic E-state index is 0.102. The van der Waals surface area contributed by atoms with Crippen molar-refractivity contribution in [2.24, 2.45) is 11.3 Å². The van der Waals surface area contributed by atoms with Crippen LogP contribution in [0.25, 0.3) is 0 Å². The van der Waals surface area contributed by atoms with Crippen LogP contribution >= 0.6 is 0 Å². The number of ether oxygens (including phenoxy) is 3. The highest BCUT2D eigenvalue weighted by Crippen LogP contribution is 2.55. The van der Waals surface area contributed by atoms with Gasteiger partial charge in [0.1, 0.15) is 11.6 Å². The van der Waals surface area contributed by atoms with Crippen LogP contribution in [0.2, 0.25) is 0 Å². The third-order valence-corrected chi connectivity index (χ3v) is 8.21. The normalized spacial score (nSPS) is 21.0. The number of methoxy groups -OCH3 is 1. The second kappa shape index (κ2) is 14.3. The molecule has 1 spiro atoms. The zero-order valence-electron chi connectivity index (χ0n) is 23.7. The Balaban J connectivity index is 0.00000186. The molecule has 1 N–H and O–H groups in total. The summed E-state index contributed by atoms with van der Waals surface area (Å²) < 4.78 is 33.4. The van der Waals surface area contributed by atoms with Crippen LogP contribution in [0, 0.1) is 17.2 Å². The van der Waals surface area contributed by atoms with Crippen LogP contribution in [-0.4, -0.2) is 45.6 Å². The summed E-state index contributed by atoms with van der Waals surface area (Å²) in [5, 5.41) is 3.03. The summed E-state index contributed by atoms with van der Waals surface area (Å²) in [6, 6.07) is 3.25. The molecule has 1 aromatic carbocycles. The van der Waals surface area contributed by atoms with E-state index in [1.165, 1.54) is 0 Å². The van der Waals surface area contributed by atoms with Gasteiger partial charge < -0.3 is 24.4 Å². The number of benzene rings is 1. The van der Waals surface area contributed by atoms with Gasteiger partial charge in [0, 0.05) is 43.9 Å². The Morgan fingerprint density at radius 2 is 1.65 bits per heavy atom. The maximum absolute atomic E-state index is 15.5. The standard InChI is InChI=1S/C28H43FN2O4.C2H6/c1-4-6-16-34-26(35-17-7-5-2)20-10-14-31(15-11-20)23-19-24(33-3)21(18-22(23)29)25-28(27(32)30-25)12-8-9-13-28;1-2/h18-20,25-26H,4-17H2,1-3H3,(H,30,32);1-2H3. The van der Waals surface area contributed by atoms with Crippen LogP contribution < -0.4 is 15.0 Å². The number of nitrogens with zero attached hydrogens (tertiary/aromatic N) is 1. The molecule has 1 unspecified atom stereocenters. The minimum Gasteiger partial charge on any atom is -0.496 e. The Labute approximate surface area is 223 Å². The molecule has 4 rings (SSSR count). The van der Waals surface area contributed by atoms with E-state index >= 15 is 4.39 Å². The third-order valence-electron chi connectivity index (χ3n) is 8.21. The highest BCUT2D eigenvalue weighted by Gasteiger charge is 2.57. The monoisotopic (exact) mass is 520 g/mol. The molecule has 1 atom stereocenters. The zero-order chi connectivity index (χ0) is 26.8. The number of carbonyl (C=O) groups is 1. The van der Waals surface area contributed by atoms with Gasteiger partial charge in [-0.15, -0.1) is 0 Å². The first-order chi connectivity index (χ1) is 18.0. The molecule has 1 amide bonds. The lowest BCUT2D eigenvalue weighted by Crippen LogP contribution is -2.59. The average molecular weight is 521 g/mol. The number of β-lactam (4-membered cyclic amide) rings is 1. The van der Waals surface area contributed by atoms with E-state index in [1.807, 2.05) is 19.9 Å². The fourth-order valence-electron chi connectivity index (χ4n) is 5.99. The molecule has 2 aliphatic heterocycles. The van der Waals surface area contributed by atoms with Crippen LogP contribution in [0.1, 0.15) is 104 Å². The number of unbranched alkanes of at least 4 members (excludes halogenated alkanes) is 2. The van der Waals surface area contributed by atoms with E-state index in [9.17, 15) is 4.79 Å². The molecule has 7 heteroatoms. The van der Waals surface area contributed by atoms with Gasteiger partial charge in [-0.2, -0.15) is 0 Å². The van der Waals surface area contributed by atoms with E-state index in [4.69, 9.17) is 14.2 Å². The molecule has 2 saturated heterocycles. The Hall–Kier alpha value is -1.86. The smallest absolute Gasteiger partial charge is 0.229 e. The summed E-state index contributed by atoms with van der Waals surface area (Å²) in [4.78, 5) is 14.5. The van der Waals surface area contributed by atoms with Crippen LogP contribution in [0.15, 0.2) is 12.1 Å². The van der Waals surface area contributed by atoms with Crippen LogP contribution in [0.3, 0.4) is 0 Å². The number of rotatable bonds is 12. The number of anilines is 1. The summed E-state index contributed by atoms with van der Waals surface area (Å²) in [7, 11) is 1.63. The molecule has 3 aliphatic rings. The molecule has 1 saturated carbocycles. The molecule has 0 aromatic heterocycles. The lowest BCUT2D eigenvalue weighted by atomic mass is 9.68. The number of piperidine rings is 1. The average Bonchev–Trinajstić information content (AvgIpc) is 3.46. The number of halogens is 1. The lowest BCUT2D eigenvalue weighted by molar-refractivity contribution is -0.177. The summed E-state index contributed by atoms with van der Waals surface area (Å²) in [5.74, 6) is 0.828. The van der Waals surface area contributed by atoms with E-state index < -0.39 is 0 Å². The van der Waals surface area contributed by atoms with E-state index in [0.29, 0.717) is 17.4 Å². The van der Waals surface area contributed by atoms with E-state index in [2.05, 4.69) is 24.1 Å².